The van der Waals surface area contributed by atoms with E-state index in [0.717, 1.165) is 0 Å². The number of carbonyl (C=O) groups is 1. The van der Waals surface area contributed by atoms with E-state index in [4.69, 9.17) is 0 Å². The molecule has 1 heterocycles. The van der Waals surface area contributed by atoms with Crippen LogP contribution >= 0.6 is 0 Å². The molecule has 1 fully saturated rings. The summed E-state index contributed by atoms with van der Waals surface area (Å²) in [5.41, 5.74) is -0.191. The molecule has 1 saturated heterocycles. The largest absolute Gasteiger partial charge is 0.384 e. The van der Waals surface area contributed by atoms with Gasteiger partial charge < -0.3 is 5.11 Å². The number of hydrogen-bond donors (Lipinski definition) is 1. The molecule has 1 aromatic rings. The van der Waals surface area contributed by atoms with Crippen molar-refractivity contribution in [2.75, 3.05) is 11.5 Å². The molecule has 1 aliphatic heterocycles. The van der Waals surface area contributed by atoms with Gasteiger partial charge in [-0.15, -0.1) is 0 Å². The Morgan fingerprint density at radius 2 is 1.89 bits per heavy atom. The van der Waals surface area contributed by atoms with Crippen LogP contribution in [0.15, 0.2) is 24.3 Å². The molecular weight excluding hydrogens is 252 g/mol. The molecule has 0 aliphatic carbocycles. The van der Waals surface area contributed by atoms with E-state index in [2.05, 4.69) is 0 Å². The highest BCUT2D eigenvalue weighted by Gasteiger charge is 2.38. The minimum absolute atomic E-state index is 0.0511. The van der Waals surface area contributed by atoms with Crippen molar-refractivity contribution in [2.24, 2.45) is 0 Å². The number of hydrogen-bond acceptors (Lipinski definition) is 4. The first-order valence-electron chi connectivity index (χ1n) is 5.87. The van der Waals surface area contributed by atoms with Crippen molar-refractivity contribution in [3.05, 3.63) is 35.4 Å². The van der Waals surface area contributed by atoms with E-state index in [1.165, 1.54) is 6.92 Å². The van der Waals surface area contributed by atoms with Crippen LogP contribution in [0.25, 0.3) is 0 Å². The maximum Gasteiger partial charge on any atom is 0.159 e. The minimum Gasteiger partial charge on any atom is -0.384 e. The molecule has 0 radical (unpaired) electrons. The summed E-state index contributed by atoms with van der Waals surface area (Å²) in [5.74, 6) is -0.148. The summed E-state index contributed by atoms with van der Waals surface area (Å²) in [7, 11) is -3.18. The topological polar surface area (TPSA) is 71.4 Å². The summed E-state index contributed by atoms with van der Waals surface area (Å²) in [4.78, 5) is 11.2. The van der Waals surface area contributed by atoms with Crippen molar-refractivity contribution >= 4 is 15.6 Å². The second kappa shape index (κ2) is 4.48. The molecule has 1 atom stereocenters. The summed E-state index contributed by atoms with van der Waals surface area (Å²) in [5, 5.41) is 10.4. The van der Waals surface area contributed by atoms with E-state index in [9.17, 15) is 18.3 Å². The maximum atomic E-state index is 11.6. The Balaban J connectivity index is 2.32. The van der Waals surface area contributed by atoms with Gasteiger partial charge in [0, 0.05) is 5.56 Å². The smallest absolute Gasteiger partial charge is 0.159 e. The summed E-state index contributed by atoms with van der Waals surface area (Å²) < 4.78 is 23.2. The van der Waals surface area contributed by atoms with Crippen molar-refractivity contribution in [2.45, 2.75) is 25.4 Å². The molecule has 1 aliphatic rings. The van der Waals surface area contributed by atoms with Gasteiger partial charge in [0.25, 0.3) is 0 Å². The quantitative estimate of drug-likeness (QED) is 0.820. The Labute approximate surface area is 107 Å². The van der Waals surface area contributed by atoms with Crippen LogP contribution in [0, 0.1) is 0 Å². The number of benzene rings is 1. The van der Waals surface area contributed by atoms with Crippen LogP contribution in [-0.2, 0) is 15.4 Å². The molecule has 98 valence electrons. The number of sulfone groups is 1. The number of rotatable bonds is 2. The molecule has 1 N–H and O–H groups in total. The van der Waals surface area contributed by atoms with Crippen LogP contribution in [0.5, 0.6) is 0 Å². The molecule has 0 spiro atoms. The van der Waals surface area contributed by atoms with Crippen LogP contribution in [0.1, 0.15) is 35.7 Å². The van der Waals surface area contributed by atoms with Crippen LogP contribution in [0.3, 0.4) is 0 Å². The van der Waals surface area contributed by atoms with Gasteiger partial charge in [0.15, 0.2) is 15.6 Å². The van der Waals surface area contributed by atoms with Crippen LogP contribution in [0.4, 0.5) is 0 Å². The third-order valence-electron chi connectivity index (χ3n) is 3.33. The molecule has 0 aromatic heterocycles. The van der Waals surface area contributed by atoms with Gasteiger partial charge in [0.1, 0.15) is 5.60 Å². The monoisotopic (exact) mass is 268 g/mol. The predicted molar refractivity (Wildman–Crippen MR) is 68.2 cm³/mol. The van der Waals surface area contributed by atoms with E-state index in [0.29, 0.717) is 24.0 Å². The lowest BCUT2D eigenvalue weighted by molar-refractivity contribution is 0.0466. The Bertz CT molecular complexity index is 559. The lowest BCUT2D eigenvalue weighted by atomic mass is 9.90. The molecule has 1 unspecified atom stereocenters. The third kappa shape index (κ3) is 2.62. The molecule has 2 rings (SSSR count). The number of Topliss-reactive ketones (excluding diaryl/α,β-unsaturated/α-hetero) is 1. The summed E-state index contributed by atoms with van der Waals surface area (Å²) in [6.45, 7) is 1.47. The average molecular weight is 268 g/mol. The lowest BCUT2D eigenvalue weighted by Crippen LogP contribution is -2.39. The highest BCUT2D eigenvalue weighted by Crippen LogP contribution is 2.32. The minimum atomic E-state index is -3.18. The zero-order chi connectivity index (χ0) is 13.4. The van der Waals surface area contributed by atoms with Gasteiger partial charge in [0.2, 0.25) is 0 Å². The summed E-state index contributed by atoms with van der Waals surface area (Å²) in [6.07, 6.45) is 0.902. The highest BCUT2D eigenvalue weighted by atomic mass is 32.2. The van der Waals surface area contributed by atoms with Crippen LogP contribution < -0.4 is 0 Å². The zero-order valence-corrected chi connectivity index (χ0v) is 11.0. The van der Waals surface area contributed by atoms with Gasteiger partial charge in [-0.25, -0.2) is 8.42 Å². The second-order valence-electron chi connectivity index (χ2n) is 4.86. The van der Waals surface area contributed by atoms with Crippen molar-refractivity contribution in [1.82, 2.24) is 0 Å². The Kier molecular flexibility index (Phi) is 3.29. The fraction of sp³-hybridized carbons (Fsp3) is 0.462. The van der Waals surface area contributed by atoms with Gasteiger partial charge in [-0.1, -0.05) is 24.3 Å². The summed E-state index contributed by atoms with van der Waals surface area (Å²) >= 11 is 0. The van der Waals surface area contributed by atoms with Crippen LogP contribution in [0.2, 0.25) is 0 Å². The average Bonchev–Trinajstić information content (AvgIpc) is 2.27. The molecule has 18 heavy (non-hydrogen) atoms. The van der Waals surface area contributed by atoms with Gasteiger partial charge in [0.05, 0.1) is 11.5 Å². The number of carbonyl (C=O) groups excluding carboxylic acids is 1. The highest BCUT2D eigenvalue weighted by molar-refractivity contribution is 7.91. The standard InChI is InChI=1S/C13H16O4S/c1-10(14)11-3-5-12(6-4-11)13(15)7-2-8-18(16,17)9-13/h3-6,15H,2,7-9H2,1H3. The Morgan fingerprint density at radius 3 is 2.39 bits per heavy atom. The van der Waals surface area contributed by atoms with Gasteiger partial charge in [-0.2, -0.15) is 0 Å². The fourth-order valence-electron chi connectivity index (χ4n) is 2.34. The molecule has 5 heteroatoms. The second-order valence-corrected chi connectivity index (χ2v) is 7.04. The first-order valence-corrected chi connectivity index (χ1v) is 7.69. The molecule has 1 aromatic carbocycles. The summed E-state index contributed by atoms with van der Waals surface area (Å²) in [6, 6.07) is 6.52. The normalized spacial score (nSPS) is 26.8. The van der Waals surface area contributed by atoms with Crippen molar-refractivity contribution in [3.63, 3.8) is 0 Å². The van der Waals surface area contributed by atoms with E-state index in [1.54, 1.807) is 24.3 Å². The van der Waals surface area contributed by atoms with E-state index in [-0.39, 0.29) is 17.3 Å². The van der Waals surface area contributed by atoms with E-state index < -0.39 is 15.4 Å². The van der Waals surface area contributed by atoms with E-state index >= 15 is 0 Å². The predicted octanol–water partition coefficient (Wildman–Crippen LogP) is 1.29. The van der Waals surface area contributed by atoms with Gasteiger partial charge in [-0.05, 0) is 25.3 Å². The zero-order valence-electron chi connectivity index (χ0n) is 10.2. The first-order chi connectivity index (χ1) is 8.32. The molecule has 0 amide bonds. The van der Waals surface area contributed by atoms with Crippen molar-refractivity contribution in [3.8, 4) is 0 Å². The SMILES string of the molecule is CC(=O)c1ccc(C2(O)CCCS(=O)(=O)C2)cc1. The molecule has 4 nitrogen and oxygen atoms in total. The van der Waals surface area contributed by atoms with Gasteiger partial charge in [-0.3, -0.25) is 4.79 Å². The van der Waals surface area contributed by atoms with E-state index in [1.807, 2.05) is 0 Å². The lowest BCUT2D eigenvalue weighted by Gasteiger charge is -2.32. The van der Waals surface area contributed by atoms with Gasteiger partial charge >= 0.3 is 0 Å². The fourth-order valence-corrected chi connectivity index (χ4v) is 4.10. The Morgan fingerprint density at radius 1 is 1.28 bits per heavy atom. The Hall–Kier alpha value is -1.20. The molecular formula is C13H16O4S. The van der Waals surface area contributed by atoms with Crippen molar-refractivity contribution < 1.29 is 18.3 Å². The number of aliphatic hydroxyl groups is 1. The first kappa shape index (κ1) is 13.2. The molecule has 0 bridgehead atoms. The number of ketones is 1. The third-order valence-corrected chi connectivity index (χ3v) is 5.16. The maximum absolute atomic E-state index is 11.6. The van der Waals surface area contributed by atoms with Crippen molar-refractivity contribution in [1.29, 1.82) is 0 Å². The van der Waals surface area contributed by atoms with Crippen LogP contribution in [-0.4, -0.2) is 30.8 Å². The molecule has 0 saturated carbocycles.